The van der Waals surface area contributed by atoms with Crippen molar-refractivity contribution in [1.29, 1.82) is 0 Å². The number of rotatable bonds is 7. The van der Waals surface area contributed by atoms with Crippen LogP contribution in [0.15, 0.2) is 64.3 Å². The minimum absolute atomic E-state index is 0.0567. The van der Waals surface area contributed by atoms with Crippen molar-refractivity contribution in [3.63, 3.8) is 0 Å². The molecule has 36 heavy (non-hydrogen) atoms. The Balaban J connectivity index is 1.50. The Bertz CT molecular complexity index is 1380. The minimum Gasteiger partial charge on any atom is -0.369 e. The van der Waals surface area contributed by atoms with E-state index >= 15 is 0 Å². The van der Waals surface area contributed by atoms with E-state index in [2.05, 4.69) is 23.1 Å². The Kier molecular flexibility index (Phi) is 7.84. The van der Waals surface area contributed by atoms with Crippen LogP contribution in [-0.4, -0.2) is 50.8 Å². The number of thiocarbonyl (C=S) groups is 1. The van der Waals surface area contributed by atoms with Crippen molar-refractivity contribution in [3.05, 3.63) is 81.0 Å². The first-order valence-electron chi connectivity index (χ1n) is 12.4. The first kappa shape index (κ1) is 25.1. The van der Waals surface area contributed by atoms with Gasteiger partial charge in [0.15, 0.2) is 0 Å². The molecule has 0 spiro atoms. The molecule has 1 aromatic heterocycles. The molecular formula is C28H29N3O2S3. The van der Waals surface area contributed by atoms with Gasteiger partial charge in [-0.05, 0) is 37.5 Å². The third-order valence-electron chi connectivity index (χ3n) is 6.66. The van der Waals surface area contributed by atoms with E-state index in [0.717, 1.165) is 54.0 Å². The number of thioether (sulfide) groups is 2. The predicted octanol–water partition coefficient (Wildman–Crippen LogP) is 5.41. The number of carbonyl (C=O) groups is 1. The van der Waals surface area contributed by atoms with Gasteiger partial charge in [0.05, 0.1) is 21.7 Å². The number of fused-ring (bicyclic) bond motifs is 1. The minimum atomic E-state index is -0.103. The number of benzene rings is 2. The van der Waals surface area contributed by atoms with Crippen molar-refractivity contribution >= 4 is 68.6 Å². The van der Waals surface area contributed by atoms with Crippen LogP contribution in [0.25, 0.3) is 17.0 Å². The van der Waals surface area contributed by atoms with E-state index in [1.807, 2.05) is 59.7 Å². The van der Waals surface area contributed by atoms with Crippen LogP contribution >= 0.6 is 35.7 Å². The van der Waals surface area contributed by atoms with Crippen LogP contribution in [0.1, 0.15) is 24.5 Å². The fourth-order valence-electron chi connectivity index (χ4n) is 4.89. The summed E-state index contributed by atoms with van der Waals surface area (Å²) in [6.45, 7) is 4.89. The molecule has 2 aliphatic heterocycles. The molecule has 2 aliphatic rings. The largest absolute Gasteiger partial charge is 0.369 e. The lowest BCUT2D eigenvalue weighted by Crippen LogP contribution is -2.36. The number of hydrogen-bond donors (Lipinski definition) is 0. The van der Waals surface area contributed by atoms with Gasteiger partial charge in [0.25, 0.3) is 11.5 Å². The lowest BCUT2D eigenvalue weighted by Gasteiger charge is -2.31. The number of para-hydroxylation sites is 1. The summed E-state index contributed by atoms with van der Waals surface area (Å²) in [5.74, 6) is 1.94. The summed E-state index contributed by atoms with van der Waals surface area (Å²) in [4.78, 5) is 31.7. The molecule has 2 saturated heterocycles. The molecular weight excluding hydrogens is 507 g/mol. The van der Waals surface area contributed by atoms with E-state index in [-0.39, 0.29) is 11.5 Å². The van der Waals surface area contributed by atoms with E-state index < -0.39 is 0 Å². The van der Waals surface area contributed by atoms with Gasteiger partial charge >= 0.3 is 0 Å². The summed E-state index contributed by atoms with van der Waals surface area (Å²) < 4.78 is 2.37. The van der Waals surface area contributed by atoms with E-state index in [1.54, 1.807) is 11.0 Å². The molecule has 0 aliphatic carbocycles. The lowest BCUT2D eigenvalue weighted by molar-refractivity contribution is -0.122. The summed E-state index contributed by atoms with van der Waals surface area (Å²) in [5.41, 5.74) is 3.66. The number of carbonyl (C=O) groups excluding carboxylic acids is 1. The third-order valence-corrected chi connectivity index (χ3v) is 8.98. The molecule has 0 saturated carbocycles. The van der Waals surface area contributed by atoms with Crippen molar-refractivity contribution in [2.45, 2.75) is 26.3 Å². The molecule has 3 heterocycles. The average molecular weight is 536 g/mol. The van der Waals surface area contributed by atoms with Gasteiger partial charge in [0.2, 0.25) is 0 Å². The van der Waals surface area contributed by atoms with Crippen LogP contribution in [0.4, 0.5) is 5.69 Å². The smallest absolute Gasteiger partial charge is 0.266 e. The van der Waals surface area contributed by atoms with Crippen LogP contribution in [0.5, 0.6) is 0 Å². The van der Waals surface area contributed by atoms with Crippen LogP contribution in [0.3, 0.4) is 0 Å². The highest BCUT2D eigenvalue weighted by Crippen LogP contribution is 2.36. The molecule has 186 valence electrons. The van der Waals surface area contributed by atoms with Gasteiger partial charge in [0, 0.05) is 43.1 Å². The van der Waals surface area contributed by atoms with Gasteiger partial charge in [0.1, 0.15) is 4.32 Å². The standard InChI is InChI=1S/C28H29N3O2S3/c1-2-30-23-13-7-6-12-21(23)25(29-15-17-35-18-16-29)22(26(30)32)19-24-27(33)31(28(34)36-24)14-8-11-20-9-4-3-5-10-20/h3-7,9-10,12-13,19H,2,8,11,14-18H2,1H3. The van der Waals surface area contributed by atoms with Crippen LogP contribution in [-0.2, 0) is 17.8 Å². The first-order valence-corrected chi connectivity index (χ1v) is 14.7. The number of amides is 1. The summed E-state index contributed by atoms with van der Waals surface area (Å²) >= 11 is 8.83. The van der Waals surface area contributed by atoms with Crippen LogP contribution in [0.2, 0.25) is 0 Å². The zero-order valence-corrected chi connectivity index (χ0v) is 22.8. The third kappa shape index (κ3) is 4.99. The number of aryl methyl sites for hydroxylation is 2. The van der Waals surface area contributed by atoms with Crippen LogP contribution in [0, 0.1) is 0 Å². The maximum absolute atomic E-state index is 13.8. The zero-order valence-electron chi connectivity index (χ0n) is 20.3. The van der Waals surface area contributed by atoms with E-state index in [0.29, 0.717) is 27.9 Å². The van der Waals surface area contributed by atoms with Crippen LogP contribution < -0.4 is 10.5 Å². The predicted molar refractivity (Wildman–Crippen MR) is 158 cm³/mol. The second-order valence-corrected chi connectivity index (χ2v) is 11.8. The van der Waals surface area contributed by atoms with Gasteiger partial charge in [-0.25, -0.2) is 0 Å². The monoisotopic (exact) mass is 535 g/mol. The molecule has 0 bridgehead atoms. The van der Waals surface area contributed by atoms with Crippen molar-refractivity contribution in [2.75, 3.05) is 36.0 Å². The number of anilines is 1. The number of pyridine rings is 1. The fraction of sp³-hybridized carbons (Fsp3) is 0.321. The molecule has 2 aromatic carbocycles. The highest BCUT2D eigenvalue weighted by atomic mass is 32.2. The van der Waals surface area contributed by atoms with Crippen molar-refractivity contribution in [3.8, 4) is 0 Å². The highest BCUT2D eigenvalue weighted by molar-refractivity contribution is 8.26. The molecule has 0 unspecified atom stereocenters. The Morgan fingerprint density at radius 1 is 1.00 bits per heavy atom. The summed E-state index contributed by atoms with van der Waals surface area (Å²) in [6.07, 6.45) is 3.52. The zero-order chi connectivity index (χ0) is 25.1. The molecule has 1 amide bonds. The van der Waals surface area contributed by atoms with E-state index in [9.17, 15) is 9.59 Å². The maximum Gasteiger partial charge on any atom is 0.266 e. The SMILES string of the molecule is CCn1c(=O)c(C=C2SC(=S)N(CCCc3ccccc3)C2=O)c(N2CCSCC2)c2ccccc21. The quantitative estimate of drug-likeness (QED) is 0.298. The molecule has 0 radical (unpaired) electrons. The molecule has 2 fully saturated rings. The Morgan fingerprint density at radius 3 is 2.47 bits per heavy atom. The lowest BCUT2D eigenvalue weighted by atomic mass is 10.1. The highest BCUT2D eigenvalue weighted by Gasteiger charge is 2.33. The van der Waals surface area contributed by atoms with E-state index in [1.165, 1.54) is 17.3 Å². The number of nitrogens with zero attached hydrogens (tertiary/aromatic N) is 3. The maximum atomic E-state index is 13.8. The fourth-order valence-corrected chi connectivity index (χ4v) is 7.09. The average Bonchev–Trinajstić information content (AvgIpc) is 3.17. The molecule has 5 rings (SSSR count). The van der Waals surface area contributed by atoms with Gasteiger partial charge in [-0.2, -0.15) is 11.8 Å². The Hall–Kier alpha value is -2.55. The van der Waals surface area contributed by atoms with Gasteiger partial charge in [-0.1, -0.05) is 72.5 Å². The van der Waals surface area contributed by atoms with Gasteiger partial charge in [-0.15, -0.1) is 0 Å². The number of hydrogen-bond acceptors (Lipinski definition) is 6. The Morgan fingerprint density at radius 2 is 1.72 bits per heavy atom. The summed E-state index contributed by atoms with van der Waals surface area (Å²) in [5, 5.41) is 1.05. The van der Waals surface area contributed by atoms with Gasteiger partial charge < -0.3 is 9.47 Å². The molecule has 8 heteroatoms. The molecule has 3 aromatic rings. The molecule has 0 N–H and O–H groups in total. The molecule has 5 nitrogen and oxygen atoms in total. The first-order chi connectivity index (χ1) is 17.6. The second-order valence-electron chi connectivity index (χ2n) is 8.85. The second kappa shape index (κ2) is 11.2. The Labute approximate surface area is 225 Å². The van der Waals surface area contributed by atoms with Crippen molar-refractivity contribution in [1.82, 2.24) is 9.47 Å². The van der Waals surface area contributed by atoms with Crippen molar-refractivity contribution in [2.24, 2.45) is 0 Å². The number of aromatic nitrogens is 1. The van der Waals surface area contributed by atoms with E-state index in [4.69, 9.17) is 12.2 Å². The summed E-state index contributed by atoms with van der Waals surface area (Å²) in [6, 6.07) is 18.4. The molecule has 0 atom stereocenters. The van der Waals surface area contributed by atoms with Gasteiger partial charge in [-0.3, -0.25) is 14.5 Å². The summed E-state index contributed by atoms with van der Waals surface area (Å²) in [7, 11) is 0. The van der Waals surface area contributed by atoms with Crippen molar-refractivity contribution < 1.29 is 4.79 Å². The normalized spacial score (nSPS) is 17.5. The topological polar surface area (TPSA) is 45.6 Å².